The van der Waals surface area contributed by atoms with Gasteiger partial charge in [-0.15, -0.1) is 0 Å². The summed E-state index contributed by atoms with van der Waals surface area (Å²) in [6.07, 6.45) is 1.19. The summed E-state index contributed by atoms with van der Waals surface area (Å²) in [6.45, 7) is 4.99. The highest BCUT2D eigenvalue weighted by atomic mass is 16.5. The zero-order valence-corrected chi connectivity index (χ0v) is 12.5. The molecule has 0 bridgehead atoms. The highest BCUT2D eigenvalue weighted by Gasteiger charge is 2.14. The minimum Gasteiger partial charge on any atom is -0.464 e. The molecular formula is C16H18N2O4. The number of carbonyl (C=O) groups is 3. The molecule has 0 aliphatic rings. The monoisotopic (exact) mass is 302 g/mol. The SMILES string of the molecule is C=C(C)C(=O)N/C=C(/NC(=O)Cc1ccccc1)C(=O)OC. The van der Waals surface area contributed by atoms with Crippen molar-refractivity contribution in [2.75, 3.05) is 7.11 Å². The maximum absolute atomic E-state index is 11.9. The number of rotatable bonds is 6. The van der Waals surface area contributed by atoms with Crippen LogP contribution in [0, 0.1) is 0 Å². The third-order valence-electron chi connectivity index (χ3n) is 2.62. The predicted molar refractivity (Wildman–Crippen MR) is 81.3 cm³/mol. The van der Waals surface area contributed by atoms with Gasteiger partial charge in [0.05, 0.1) is 13.5 Å². The Labute approximate surface area is 128 Å². The summed E-state index contributed by atoms with van der Waals surface area (Å²) in [5, 5.41) is 4.76. The van der Waals surface area contributed by atoms with Gasteiger partial charge in [0, 0.05) is 11.8 Å². The Balaban J connectivity index is 2.74. The molecule has 2 N–H and O–H groups in total. The number of carbonyl (C=O) groups excluding carboxylic acids is 3. The van der Waals surface area contributed by atoms with Gasteiger partial charge in [-0.25, -0.2) is 4.79 Å². The average Bonchev–Trinajstić information content (AvgIpc) is 2.51. The van der Waals surface area contributed by atoms with Crippen molar-refractivity contribution >= 4 is 17.8 Å². The normalized spacial score (nSPS) is 10.5. The van der Waals surface area contributed by atoms with Crippen LogP contribution in [0.3, 0.4) is 0 Å². The van der Waals surface area contributed by atoms with Crippen molar-refractivity contribution < 1.29 is 19.1 Å². The lowest BCUT2D eigenvalue weighted by Gasteiger charge is -2.09. The van der Waals surface area contributed by atoms with Gasteiger partial charge in [0.2, 0.25) is 11.8 Å². The molecule has 1 aromatic carbocycles. The average molecular weight is 302 g/mol. The molecule has 0 heterocycles. The van der Waals surface area contributed by atoms with E-state index in [1.807, 2.05) is 18.2 Å². The summed E-state index contributed by atoms with van der Waals surface area (Å²) in [5.41, 5.74) is 0.921. The fourth-order valence-electron chi connectivity index (χ4n) is 1.49. The predicted octanol–water partition coefficient (Wildman–Crippen LogP) is 1.05. The molecule has 0 unspecified atom stereocenters. The van der Waals surface area contributed by atoms with Crippen LogP contribution in [-0.2, 0) is 25.5 Å². The van der Waals surface area contributed by atoms with E-state index >= 15 is 0 Å². The first-order valence-electron chi connectivity index (χ1n) is 6.52. The van der Waals surface area contributed by atoms with Gasteiger partial charge < -0.3 is 15.4 Å². The van der Waals surface area contributed by atoms with E-state index in [0.29, 0.717) is 0 Å². The van der Waals surface area contributed by atoms with Crippen LogP contribution in [0.15, 0.2) is 54.4 Å². The first-order valence-corrected chi connectivity index (χ1v) is 6.52. The quantitative estimate of drug-likeness (QED) is 0.608. The van der Waals surface area contributed by atoms with Crippen LogP contribution in [-0.4, -0.2) is 24.9 Å². The number of methoxy groups -OCH3 is 1. The van der Waals surface area contributed by atoms with Crippen LogP contribution in [0.1, 0.15) is 12.5 Å². The zero-order chi connectivity index (χ0) is 16.5. The number of esters is 1. The van der Waals surface area contributed by atoms with Gasteiger partial charge in [0.15, 0.2) is 0 Å². The van der Waals surface area contributed by atoms with E-state index in [4.69, 9.17) is 0 Å². The summed E-state index contributed by atoms with van der Waals surface area (Å²) >= 11 is 0. The van der Waals surface area contributed by atoms with Gasteiger partial charge in [-0.3, -0.25) is 9.59 Å². The number of benzene rings is 1. The molecule has 22 heavy (non-hydrogen) atoms. The maximum Gasteiger partial charge on any atom is 0.356 e. The van der Waals surface area contributed by atoms with E-state index in [2.05, 4.69) is 21.9 Å². The second-order valence-corrected chi connectivity index (χ2v) is 4.51. The van der Waals surface area contributed by atoms with Gasteiger partial charge in [-0.1, -0.05) is 36.9 Å². The summed E-state index contributed by atoms with van der Waals surface area (Å²) in [5.74, 6) is -1.62. The van der Waals surface area contributed by atoms with Gasteiger partial charge in [-0.2, -0.15) is 0 Å². The van der Waals surface area contributed by atoms with Crippen LogP contribution in [0.2, 0.25) is 0 Å². The summed E-state index contributed by atoms with van der Waals surface area (Å²) in [6, 6.07) is 9.06. The third-order valence-corrected chi connectivity index (χ3v) is 2.62. The molecule has 0 aromatic heterocycles. The minimum atomic E-state index is -0.761. The topological polar surface area (TPSA) is 84.5 Å². The Morgan fingerprint density at radius 1 is 1.23 bits per heavy atom. The second-order valence-electron chi connectivity index (χ2n) is 4.51. The lowest BCUT2D eigenvalue weighted by atomic mass is 10.1. The first-order chi connectivity index (χ1) is 10.4. The highest BCUT2D eigenvalue weighted by molar-refractivity contribution is 5.96. The van der Waals surface area contributed by atoms with Crippen molar-refractivity contribution in [3.63, 3.8) is 0 Å². The first kappa shape index (κ1) is 17.2. The molecule has 6 nitrogen and oxygen atoms in total. The van der Waals surface area contributed by atoms with E-state index in [1.165, 1.54) is 14.0 Å². The van der Waals surface area contributed by atoms with Crippen molar-refractivity contribution in [3.8, 4) is 0 Å². The fourth-order valence-corrected chi connectivity index (χ4v) is 1.49. The Morgan fingerprint density at radius 2 is 1.86 bits per heavy atom. The molecule has 2 amide bonds. The molecule has 1 aromatic rings. The molecule has 0 aliphatic heterocycles. The van der Waals surface area contributed by atoms with Gasteiger partial charge in [-0.05, 0) is 12.5 Å². The fraction of sp³-hybridized carbons (Fsp3) is 0.188. The van der Waals surface area contributed by atoms with E-state index in [9.17, 15) is 14.4 Å². The number of ether oxygens (including phenoxy) is 1. The van der Waals surface area contributed by atoms with Crippen LogP contribution >= 0.6 is 0 Å². The highest BCUT2D eigenvalue weighted by Crippen LogP contribution is 2.01. The molecule has 6 heteroatoms. The van der Waals surface area contributed by atoms with Crippen LogP contribution in [0.5, 0.6) is 0 Å². The van der Waals surface area contributed by atoms with Crippen molar-refractivity contribution in [2.45, 2.75) is 13.3 Å². The molecule has 0 saturated heterocycles. The van der Waals surface area contributed by atoms with E-state index < -0.39 is 17.8 Å². The molecule has 0 aliphatic carbocycles. The Hall–Kier alpha value is -2.89. The zero-order valence-electron chi connectivity index (χ0n) is 12.5. The standard InChI is InChI=1S/C16H18N2O4/c1-11(2)15(20)17-10-13(16(21)22-3)18-14(19)9-12-7-5-4-6-8-12/h4-8,10H,1,9H2,2-3H3,(H,17,20)(H,18,19)/b13-10+. The molecule has 116 valence electrons. The molecule has 1 rings (SSSR count). The summed E-state index contributed by atoms with van der Waals surface area (Å²) in [7, 11) is 1.18. The third kappa shape index (κ3) is 5.62. The molecule has 0 spiro atoms. The Kier molecular flexibility index (Phi) is 6.56. The molecule has 0 atom stereocenters. The molecule has 0 radical (unpaired) electrons. The Morgan fingerprint density at radius 3 is 2.41 bits per heavy atom. The maximum atomic E-state index is 11.9. The minimum absolute atomic E-state index is 0.101. The molecule has 0 fully saturated rings. The van der Waals surface area contributed by atoms with Gasteiger partial charge in [0.1, 0.15) is 5.70 Å². The van der Waals surface area contributed by atoms with E-state index in [-0.39, 0.29) is 17.7 Å². The Bertz CT molecular complexity index is 606. The van der Waals surface area contributed by atoms with Crippen molar-refractivity contribution in [3.05, 3.63) is 59.9 Å². The largest absolute Gasteiger partial charge is 0.464 e. The number of hydrogen-bond donors (Lipinski definition) is 2. The smallest absolute Gasteiger partial charge is 0.356 e. The number of nitrogens with one attached hydrogen (secondary N) is 2. The molecular weight excluding hydrogens is 284 g/mol. The summed E-state index contributed by atoms with van der Waals surface area (Å²) in [4.78, 5) is 35.0. The second kappa shape index (κ2) is 8.41. The lowest BCUT2D eigenvalue weighted by Crippen LogP contribution is -2.31. The number of hydrogen-bond acceptors (Lipinski definition) is 4. The lowest BCUT2D eigenvalue weighted by molar-refractivity contribution is -0.137. The van der Waals surface area contributed by atoms with Gasteiger partial charge in [0.25, 0.3) is 0 Å². The van der Waals surface area contributed by atoms with Crippen LogP contribution < -0.4 is 10.6 Å². The van der Waals surface area contributed by atoms with E-state index in [0.717, 1.165) is 11.8 Å². The van der Waals surface area contributed by atoms with Crippen molar-refractivity contribution in [2.24, 2.45) is 0 Å². The van der Waals surface area contributed by atoms with Crippen molar-refractivity contribution in [1.82, 2.24) is 10.6 Å². The van der Waals surface area contributed by atoms with Crippen molar-refractivity contribution in [1.29, 1.82) is 0 Å². The van der Waals surface area contributed by atoms with Crippen LogP contribution in [0.4, 0.5) is 0 Å². The van der Waals surface area contributed by atoms with Crippen LogP contribution in [0.25, 0.3) is 0 Å². The summed E-state index contributed by atoms with van der Waals surface area (Å²) < 4.78 is 4.56. The van der Waals surface area contributed by atoms with E-state index in [1.54, 1.807) is 12.1 Å². The number of amides is 2. The molecule has 0 saturated carbocycles. The van der Waals surface area contributed by atoms with Gasteiger partial charge >= 0.3 is 5.97 Å².